The van der Waals surface area contributed by atoms with E-state index in [1.165, 1.54) is 12.3 Å². The van der Waals surface area contributed by atoms with Gasteiger partial charge in [-0.05, 0) is 27.7 Å². The molecular weight excluding hydrogens is 264 g/mol. The Hall–Kier alpha value is -0.950. The van der Waals surface area contributed by atoms with Gasteiger partial charge in [0.25, 0.3) is 0 Å². The molecule has 0 spiro atoms. The summed E-state index contributed by atoms with van der Waals surface area (Å²) in [5, 5.41) is 0. The van der Waals surface area contributed by atoms with Gasteiger partial charge in [0.15, 0.2) is 29.6 Å². The molecule has 4 atom stereocenters. The lowest BCUT2D eigenvalue weighted by molar-refractivity contribution is -0.180. The van der Waals surface area contributed by atoms with Gasteiger partial charge in [0.2, 0.25) is 0 Å². The zero-order chi connectivity index (χ0) is 14.5. The molecule has 20 heavy (non-hydrogen) atoms. The van der Waals surface area contributed by atoms with Crippen LogP contribution in [0.4, 0.5) is 0 Å². The van der Waals surface area contributed by atoms with Gasteiger partial charge in [-0.15, -0.1) is 0 Å². The topological polar surface area (TPSA) is 63.2 Å². The molecule has 3 heterocycles. The second-order valence-corrected chi connectivity index (χ2v) is 6.19. The fourth-order valence-corrected chi connectivity index (χ4v) is 2.80. The maximum Gasteiger partial charge on any atom is 0.190 e. The van der Waals surface area contributed by atoms with Gasteiger partial charge in [0.05, 0.1) is 12.9 Å². The normalized spacial score (nSPS) is 42.1. The van der Waals surface area contributed by atoms with Crippen molar-refractivity contribution in [3.05, 3.63) is 12.3 Å². The summed E-state index contributed by atoms with van der Waals surface area (Å²) in [4.78, 5) is 12.0. The first kappa shape index (κ1) is 14.0. The van der Waals surface area contributed by atoms with Crippen molar-refractivity contribution in [2.24, 2.45) is 0 Å². The van der Waals surface area contributed by atoms with E-state index < -0.39 is 29.9 Å². The third kappa shape index (κ3) is 2.48. The second-order valence-electron chi connectivity index (χ2n) is 6.19. The first-order valence-electron chi connectivity index (χ1n) is 6.81. The Balaban J connectivity index is 1.84. The smallest absolute Gasteiger partial charge is 0.190 e. The lowest BCUT2D eigenvalue weighted by Crippen LogP contribution is -2.46. The molecule has 2 fully saturated rings. The predicted octanol–water partition coefficient (Wildman–Crippen LogP) is 1.14. The molecule has 0 aliphatic carbocycles. The van der Waals surface area contributed by atoms with E-state index in [2.05, 4.69) is 0 Å². The highest BCUT2D eigenvalue weighted by atomic mass is 16.8. The van der Waals surface area contributed by atoms with Crippen LogP contribution in [0.3, 0.4) is 0 Å². The van der Waals surface area contributed by atoms with Crippen molar-refractivity contribution in [2.45, 2.75) is 63.7 Å². The standard InChI is InChI=1S/C14H20O6/c1-13(2)17-7-9(18-13)11-12-10(8(15)5-6-16-11)19-14(3,4)20-12/h5-6,9-12H,7H2,1-4H3/t9-,10+,11+,12+/m0/s1. The molecule has 3 aliphatic heterocycles. The van der Waals surface area contributed by atoms with Crippen LogP contribution < -0.4 is 0 Å². The monoisotopic (exact) mass is 284 g/mol. The van der Waals surface area contributed by atoms with E-state index in [9.17, 15) is 4.79 Å². The van der Waals surface area contributed by atoms with Gasteiger partial charge in [0, 0.05) is 6.08 Å². The maximum absolute atomic E-state index is 12.0. The number of hydrogen-bond donors (Lipinski definition) is 0. The molecule has 6 nitrogen and oxygen atoms in total. The Labute approximate surface area is 118 Å². The van der Waals surface area contributed by atoms with Crippen LogP contribution in [0.2, 0.25) is 0 Å². The highest BCUT2D eigenvalue weighted by Crippen LogP contribution is 2.37. The van der Waals surface area contributed by atoms with E-state index in [0.717, 1.165) is 0 Å². The van der Waals surface area contributed by atoms with Crippen molar-refractivity contribution in [1.82, 2.24) is 0 Å². The molecule has 0 N–H and O–H groups in total. The summed E-state index contributed by atoms with van der Waals surface area (Å²) < 4.78 is 28.6. The van der Waals surface area contributed by atoms with Gasteiger partial charge in [-0.3, -0.25) is 4.79 Å². The average molecular weight is 284 g/mol. The van der Waals surface area contributed by atoms with Crippen molar-refractivity contribution in [1.29, 1.82) is 0 Å². The fraction of sp³-hybridized carbons (Fsp3) is 0.786. The molecule has 0 bridgehead atoms. The van der Waals surface area contributed by atoms with Crippen molar-refractivity contribution in [3.63, 3.8) is 0 Å². The molecule has 0 aromatic heterocycles. The Morgan fingerprint density at radius 1 is 1.05 bits per heavy atom. The first-order chi connectivity index (χ1) is 9.27. The SMILES string of the molecule is CC1(C)OC[C@@H]([C@H]2OC=CC(=O)[C@H]3OC(C)(C)O[C@@H]23)O1. The summed E-state index contributed by atoms with van der Waals surface area (Å²) in [7, 11) is 0. The van der Waals surface area contributed by atoms with Gasteiger partial charge in [-0.1, -0.05) is 0 Å². The van der Waals surface area contributed by atoms with Crippen molar-refractivity contribution in [3.8, 4) is 0 Å². The van der Waals surface area contributed by atoms with Gasteiger partial charge in [-0.25, -0.2) is 0 Å². The van der Waals surface area contributed by atoms with Crippen molar-refractivity contribution < 1.29 is 28.5 Å². The lowest BCUT2D eigenvalue weighted by Gasteiger charge is -2.28. The number of ketones is 1. The summed E-state index contributed by atoms with van der Waals surface area (Å²) in [6.07, 6.45) is 0.858. The van der Waals surface area contributed by atoms with Crippen LogP contribution in [0.15, 0.2) is 12.3 Å². The number of fused-ring (bicyclic) bond motifs is 1. The third-order valence-electron chi connectivity index (χ3n) is 3.60. The van der Waals surface area contributed by atoms with E-state index in [0.29, 0.717) is 6.61 Å². The van der Waals surface area contributed by atoms with Crippen molar-refractivity contribution in [2.75, 3.05) is 6.61 Å². The molecule has 112 valence electrons. The van der Waals surface area contributed by atoms with Crippen LogP contribution in [0, 0.1) is 0 Å². The summed E-state index contributed by atoms with van der Waals surface area (Å²) in [6, 6.07) is 0. The van der Waals surface area contributed by atoms with Crippen LogP contribution in [-0.2, 0) is 28.5 Å². The summed E-state index contributed by atoms with van der Waals surface area (Å²) in [5.74, 6) is -1.62. The van der Waals surface area contributed by atoms with Crippen molar-refractivity contribution >= 4 is 5.78 Å². The predicted molar refractivity (Wildman–Crippen MR) is 67.7 cm³/mol. The summed E-state index contributed by atoms with van der Waals surface area (Å²) >= 11 is 0. The summed E-state index contributed by atoms with van der Waals surface area (Å²) in [6.45, 7) is 7.65. The van der Waals surface area contributed by atoms with E-state index in [1.807, 2.05) is 13.8 Å². The zero-order valence-corrected chi connectivity index (χ0v) is 12.1. The van der Waals surface area contributed by atoms with E-state index in [-0.39, 0.29) is 11.9 Å². The van der Waals surface area contributed by atoms with Crippen LogP contribution in [-0.4, -0.2) is 48.4 Å². The van der Waals surface area contributed by atoms with Crippen LogP contribution in [0.1, 0.15) is 27.7 Å². The second kappa shape index (κ2) is 4.53. The largest absolute Gasteiger partial charge is 0.492 e. The van der Waals surface area contributed by atoms with Gasteiger partial charge >= 0.3 is 0 Å². The van der Waals surface area contributed by atoms with Crippen LogP contribution in [0.25, 0.3) is 0 Å². The molecule has 0 saturated carbocycles. The number of hydrogen-bond acceptors (Lipinski definition) is 6. The summed E-state index contributed by atoms with van der Waals surface area (Å²) in [5.41, 5.74) is 0. The lowest BCUT2D eigenvalue weighted by atomic mass is 10.0. The van der Waals surface area contributed by atoms with Gasteiger partial charge in [-0.2, -0.15) is 0 Å². The molecule has 3 aliphatic rings. The first-order valence-corrected chi connectivity index (χ1v) is 6.81. The molecule has 0 aromatic rings. The Morgan fingerprint density at radius 3 is 2.45 bits per heavy atom. The number of ether oxygens (including phenoxy) is 5. The Morgan fingerprint density at radius 2 is 1.80 bits per heavy atom. The van der Waals surface area contributed by atoms with Gasteiger partial charge < -0.3 is 23.7 Å². The van der Waals surface area contributed by atoms with Crippen LogP contribution in [0.5, 0.6) is 0 Å². The fourth-order valence-electron chi connectivity index (χ4n) is 2.80. The average Bonchev–Trinajstić information content (AvgIpc) is 2.80. The quantitative estimate of drug-likeness (QED) is 0.719. The number of carbonyl (C=O) groups is 1. The van der Waals surface area contributed by atoms with Crippen LogP contribution >= 0.6 is 0 Å². The minimum Gasteiger partial charge on any atom is -0.492 e. The maximum atomic E-state index is 12.0. The Bertz CT molecular complexity index is 441. The molecule has 6 heteroatoms. The van der Waals surface area contributed by atoms with E-state index in [4.69, 9.17) is 23.7 Å². The van der Waals surface area contributed by atoms with E-state index >= 15 is 0 Å². The third-order valence-corrected chi connectivity index (χ3v) is 3.60. The molecule has 0 aromatic carbocycles. The number of rotatable bonds is 1. The molecule has 0 unspecified atom stereocenters. The molecule has 2 saturated heterocycles. The molecule has 3 rings (SSSR count). The molecule has 0 radical (unpaired) electrons. The minimum atomic E-state index is -0.813. The highest BCUT2D eigenvalue weighted by molar-refractivity contribution is 5.94. The molecule has 0 amide bonds. The van der Waals surface area contributed by atoms with E-state index in [1.54, 1.807) is 13.8 Å². The number of carbonyl (C=O) groups excluding carboxylic acids is 1. The van der Waals surface area contributed by atoms with Gasteiger partial charge in [0.1, 0.15) is 12.2 Å². The Kier molecular flexibility index (Phi) is 3.17. The molecular formula is C14H20O6. The zero-order valence-electron chi connectivity index (χ0n) is 12.1. The highest BCUT2D eigenvalue weighted by Gasteiger charge is 2.53. The minimum absolute atomic E-state index is 0.152.